The number of carbonyl (C=O) groups is 4. The lowest BCUT2D eigenvalue weighted by atomic mass is 9.55. The first-order valence-corrected chi connectivity index (χ1v) is 15.6. The second-order valence-electron chi connectivity index (χ2n) is 12.4. The second-order valence-corrected chi connectivity index (χ2v) is 12.4. The Morgan fingerprint density at radius 3 is 1.62 bits per heavy atom. The highest BCUT2D eigenvalue weighted by Crippen LogP contribution is 2.61. The molecule has 5 aliphatic rings. The van der Waals surface area contributed by atoms with Gasteiger partial charge in [-0.25, -0.2) is 4.79 Å². The van der Waals surface area contributed by atoms with Crippen LogP contribution in [0.1, 0.15) is 70.1 Å². The van der Waals surface area contributed by atoms with E-state index in [4.69, 9.17) is 9.47 Å². The Balaban J connectivity index is 0.969. The molecule has 45 heavy (non-hydrogen) atoms. The summed E-state index contributed by atoms with van der Waals surface area (Å²) in [5.74, 6) is -2.13. The first-order chi connectivity index (χ1) is 22.0. The van der Waals surface area contributed by atoms with Crippen molar-refractivity contribution in [2.24, 2.45) is 17.8 Å². The zero-order valence-electron chi connectivity index (χ0n) is 24.5. The Hall–Kier alpha value is -5.04. The number of para-hydroxylation sites is 2. The predicted octanol–water partition coefficient (Wildman–Crippen LogP) is 6.26. The molecule has 7 nitrogen and oxygen atoms in total. The van der Waals surface area contributed by atoms with Gasteiger partial charge in [-0.3, -0.25) is 19.3 Å². The van der Waals surface area contributed by atoms with E-state index in [0.717, 1.165) is 22.3 Å². The van der Waals surface area contributed by atoms with E-state index in [1.165, 1.54) is 0 Å². The van der Waals surface area contributed by atoms with Crippen LogP contribution in [0, 0.1) is 17.8 Å². The molecule has 1 saturated carbocycles. The largest absolute Gasteiger partial charge is 0.425 e. The molecule has 7 heteroatoms. The van der Waals surface area contributed by atoms with Gasteiger partial charge in [-0.1, -0.05) is 78.9 Å². The zero-order valence-corrected chi connectivity index (χ0v) is 24.5. The van der Waals surface area contributed by atoms with Gasteiger partial charge in [0.15, 0.2) is 0 Å². The molecule has 1 heterocycles. The number of benzene rings is 4. The maximum atomic E-state index is 14.1. The van der Waals surface area contributed by atoms with E-state index in [1.807, 2.05) is 30.3 Å². The standard InChI is InChI=1S/C38H31NO6/c40-35-33-31-25-12-4-5-13-26(25)32(28-15-7-6-14-27(28)31)34(33)36(41)39(35)23-20-18-22(19-21-23)37(42)45-30-17-9-8-16-29(30)38(43)44-24-10-2-1-3-11-24/h1-17,22-23,31-34H,18-21H2. The minimum absolute atomic E-state index is 0.0825. The molecule has 2 bridgehead atoms. The highest BCUT2D eigenvalue weighted by Gasteiger charge is 2.62. The molecule has 4 aromatic carbocycles. The zero-order chi connectivity index (χ0) is 30.7. The monoisotopic (exact) mass is 597 g/mol. The molecular formula is C38H31NO6. The quantitative estimate of drug-likeness (QED) is 0.153. The number of carbonyl (C=O) groups excluding carboxylic acids is 4. The van der Waals surface area contributed by atoms with Gasteiger partial charge < -0.3 is 9.47 Å². The van der Waals surface area contributed by atoms with Gasteiger partial charge in [-0.15, -0.1) is 0 Å². The molecule has 2 atom stereocenters. The molecule has 2 fully saturated rings. The second kappa shape index (κ2) is 10.8. The first kappa shape index (κ1) is 27.5. The van der Waals surface area contributed by atoms with Crippen molar-refractivity contribution in [3.8, 4) is 11.5 Å². The van der Waals surface area contributed by atoms with Crippen molar-refractivity contribution in [1.82, 2.24) is 4.90 Å². The Kier molecular flexibility index (Phi) is 6.63. The van der Waals surface area contributed by atoms with Crippen LogP contribution in [0.25, 0.3) is 0 Å². The van der Waals surface area contributed by atoms with Crippen molar-refractivity contribution >= 4 is 23.8 Å². The van der Waals surface area contributed by atoms with Crippen LogP contribution in [0.3, 0.4) is 0 Å². The van der Waals surface area contributed by atoms with Crippen LogP contribution in [0.5, 0.6) is 11.5 Å². The Labute approximate surface area is 260 Å². The highest BCUT2D eigenvalue weighted by molar-refractivity contribution is 6.08. The van der Waals surface area contributed by atoms with E-state index in [-0.39, 0.29) is 41.0 Å². The van der Waals surface area contributed by atoms with Crippen LogP contribution in [0.2, 0.25) is 0 Å². The third-order valence-corrected chi connectivity index (χ3v) is 10.1. The average Bonchev–Trinajstić information content (AvgIpc) is 3.35. The van der Waals surface area contributed by atoms with Crippen LogP contribution in [0.15, 0.2) is 103 Å². The minimum atomic E-state index is -0.612. The Morgan fingerprint density at radius 2 is 1.07 bits per heavy atom. The number of likely N-dealkylation sites (tertiary alicyclic amines) is 1. The number of amides is 2. The van der Waals surface area contributed by atoms with Crippen LogP contribution in [-0.2, 0) is 14.4 Å². The SMILES string of the molecule is O=C(Oc1ccccc1)c1ccccc1OC(=O)C1CCC(N2C(=O)C3C4c5ccccc5C(c5ccccc54)C3C2=O)CC1. The number of hydrogen-bond acceptors (Lipinski definition) is 6. The molecule has 0 radical (unpaired) electrons. The third-order valence-electron chi connectivity index (χ3n) is 10.1. The molecule has 2 unspecified atom stereocenters. The fourth-order valence-corrected chi connectivity index (χ4v) is 8.20. The lowest BCUT2D eigenvalue weighted by Crippen LogP contribution is -2.44. The van der Waals surface area contributed by atoms with E-state index in [0.29, 0.717) is 31.4 Å². The molecule has 0 spiro atoms. The van der Waals surface area contributed by atoms with Gasteiger partial charge in [0, 0.05) is 17.9 Å². The molecule has 9 rings (SSSR count). The van der Waals surface area contributed by atoms with Gasteiger partial charge >= 0.3 is 11.9 Å². The predicted molar refractivity (Wildman–Crippen MR) is 165 cm³/mol. The molecule has 4 aliphatic carbocycles. The first-order valence-electron chi connectivity index (χ1n) is 15.6. The smallest absolute Gasteiger partial charge is 0.347 e. The summed E-state index contributed by atoms with van der Waals surface area (Å²) in [6.45, 7) is 0. The van der Waals surface area contributed by atoms with Crippen LogP contribution < -0.4 is 9.47 Å². The van der Waals surface area contributed by atoms with E-state index in [2.05, 4.69) is 24.3 Å². The Morgan fingerprint density at radius 1 is 0.578 bits per heavy atom. The number of nitrogens with zero attached hydrogens (tertiary/aromatic N) is 1. The fraction of sp³-hybridized carbons (Fsp3) is 0.263. The summed E-state index contributed by atoms with van der Waals surface area (Å²) in [6.07, 6.45) is 2.03. The van der Waals surface area contributed by atoms with E-state index >= 15 is 0 Å². The molecule has 1 aliphatic heterocycles. The number of esters is 2. The molecule has 0 aromatic heterocycles. The molecule has 1 saturated heterocycles. The van der Waals surface area contributed by atoms with Gasteiger partial charge in [0.25, 0.3) is 0 Å². The lowest BCUT2D eigenvalue weighted by molar-refractivity contribution is -0.144. The van der Waals surface area contributed by atoms with Crippen LogP contribution in [0.4, 0.5) is 0 Å². The van der Waals surface area contributed by atoms with E-state index in [9.17, 15) is 19.2 Å². The van der Waals surface area contributed by atoms with E-state index in [1.54, 1.807) is 53.4 Å². The highest BCUT2D eigenvalue weighted by atomic mass is 16.6. The third kappa shape index (κ3) is 4.40. The van der Waals surface area contributed by atoms with Crippen LogP contribution in [-0.4, -0.2) is 34.7 Å². The molecule has 4 aromatic rings. The summed E-state index contributed by atoms with van der Waals surface area (Å²) < 4.78 is 11.2. The maximum Gasteiger partial charge on any atom is 0.347 e. The van der Waals surface area contributed by atoms with Gasteiger partial charge in [0.05, 0.1) is 17.8 Å². The Bertz CT molecular complexity index is 1730. The molecule has 2 amide bonds. The number of hydrogen-bond donors (Lipinski definition) is 0. The van der Waals surface area contributed by atoms with Gasteiger partial charge in [-0.05, 0) is 72.2 Å². The van der Waals surface area contributed by atoms with Crippen molar-refractivity contribution in [2.45, 2.75) is 43.6 Å². The number of rotatable bonds is 5. The van der Waals surface area contributed by atoms with Crippen molar-refractivity contribution in [3.63, 3.8) is 0 Å². The molecule has 0 N–H and O–H groups in total. The number of ether oxygens (including phenoxy) is 2. The lowest BCUT2D eigenvalue weighted by Gasteiger charge is -2.45. The summed E-state index contributed by atoms with van der Waals surface area (Å²) in [5, 5.41) is 0. The van der Waals surface area contributed by atoms with Gasteiger partial charge in [0.1, 0.15) is 17.1 Å². The summed E-state index contributed by atoms with van der Waals surface area (Å²) in [6, 6.07) is 31.5. The summed E-state index contributed by atoms with van der Waals surface area (Å²) in [7, 11) is 0. The number of imide groups is 1. The summed E-state index contributed by atoms with van der Waals surface area (Å²) in [5.41, 5.74) is 4.79. The molecule has 224 valence electrons. The molecular weight excluding hydrogens is 566 g/mol. The fourth-order valence-electron chi connectivity index (χ4n) is 8.20. The van der Waals surface area contributed by atoms with Crippen molar-refractivity contribution in [1.29, 1.82) is 0 Å². The van der Waals surface area contributed by atoms with Gasteiger partial charge in [0.2, 0.25) is 11.8 Å². The van der Waals surface area contributed by atoms with Gasteiger partial charge in [-0.2, -0.15) is 0 Å². The van der Waals surface area contributed by atoms with Crippen molar-refractivity contribution < 1.29 is 28.7 Å². The van der Waals surface area contributed by atoms with Crippen molar-refractivity contribution in [2.75, 3.05) is 0 Å². The normalized spacial score (nSPS) is 26.1. The maximum absolute atomic E-state index is 14.1. The average molecular weight is 598 g/mol. The topological polar surface area (TPSA) is 90.0 Å². The van der Waals surface area contributed by atoms with Crippen molar-refractivity contribution in [3.05, 3.63) is 131 Å². The summed E-state index contributed by atoms with van der Waals surface area (Å²) >= 11 is 0. The van der Waals surface area contributed by atoms with Crippen LogP contribution >= 0.6 is 0 Å². The minimum Gasteiger partial charge on any atom is -0.425 e. The summed E-state index contributed by atoms with van der Waals surface area (Å²) in [4.78, 5) is 55.9. The van der Waals surface area contributed by atoms with E-state index < -0.39 is 29.7 Å².